The van der Waals surface area contributed by atoms with Crippen molar-refractivity contribution in [1.29, 1.82) is 0 Å². The van der Waals surface area contributed by atoms with Gasteiger partial charge in [-0.15, -0.1) is 0 Å². The van der Waals surface area contributed by atoms with E-state index >= 15 is 0 Å². The summed E-state index contributed by atoms with van der Waals surface area (Å²) < 4.78 is 15.7. The van der Waals surface area contributed by atoms with Crippen molar-refractivity contribution in [3.05, 3.63) is 64.7 Å². The third kappa shape index (κ3) is 5.04. The predicted molar refractivity (Wildman–Crippen MR) is 89.8 cm³/mol. The lowest BCUT2D eigenvalue weighted by molar-refractivity contribution is -0.134. The fraction of sp³-hybridized carbons (Fsp3) is 0.167. The van der Waals surface area contributed by atoms with Crippen molar-refractivity contribution in [1.82, 2.24) is 0 Å². The van der Waals surface area contributed by atoms with Crippen molar-refractivity contribution in [2.24, 2.45) is 0 Å². The second-order valence-electron chi connectivity index (χ2n) is 4.68. The molecule has 0 atom stereocenters. The van der Waals surface area contributed by atoms with Gasteiger partial charge in [-0.1, -0.05) is 29.8 Å². The average molecular weight is 333 g/mol. The molecule has 0 aliphatic heterocycles. The van der Waals surface area contributed by atoms with Gasteiger partial charge in [-0.25, -0.2) is 4.79 Å². The van der Waals surface area contributed by atoms with E-state index in [0.717, 1.165) is 11.1 Å². The van der Waals surface area contributed by atoms with Crippen LogP contribution in [-0.4, -0.2) is 20.2 Å². The fourth-order valence-corrected chi connectivity index (χ4v) is 2.01. The molecular formula is C18H17ClO4. The fourth-order valence-electron chi connectivity index (χ4n) is 1.88. The minimum absolute atomic E-state index is 0.408. The van der Waals surface area contributed by atoms with Gasteiger partial charge in [0.05, 0.1) is 14.2 Å². The maximum atomic E-state index is 11.1. The average Bonchev–Trinajstić information content (AvgIpc) is 2.59. The molecule has 4 nitrogen and oxygen atoms in total. The summed E-state index contributed by atoms with van der Waals surface area (Å²) in [5, 5.41) is 0.688. The monoisotopic (exact) mass is 332 g/mol. The Morgan fingerprint density at radius 2 is 1.83 bits per heavy atom. The predicted octanol–water partition coefficient (Wildman–Crippen LogP) is 4.11. The Morgan fingerprint density at radius 3 is 2.48 bits per heavy atom. The van der Waals surface area contributed by atoms with Gasteiger partial charge in [0, 0.05) is 11.1 Å². The summed E-state index contributed by atoms with van der Waals surface area (Å²) in [4.78, 5) is 11.1. The van der Waals surface area contributed by atoms with Crippen molar-refractivity contribution in [2.75, 3.05) is 14.2 Å². The lowest BCUT2D eigenvalue weighted by Crippen LogP contribution is -1.98. The van der Waals surface area contributed by atoms with Gasteiger partial charge >= 0.3 is 5.97 Å². The van der Waals surface area contributed by atoms with Crippen LogP contribution >= 0.6 is 11.6 Å². The molecule has 0 spiro atoms. The number of rotatable bonds is 6. The SMILES string of the molecule is COC(=O)/C=C/c1ccc(OCc2ccc(Cl)cc2)c(OC)c1. The highest BCUT2D eigenvalue weighted by molar-refractivity contribution is 6.30. The highest BCUT2D eigenvalue weighted by Crippen LogP contribution is 2.29. The molecule has 0 saturated carbocycles. The summed E-state index contributed by atoms with van der Waals surface area (Å²) in [6, 6.07) is 12.9. The van der Waals surface area contributed by atoms with Crippen molar-refractivity contribution in [2.45, 2.75) is 6.61 Å². The van der Waals surface area contributed by atoms with Crippen molar-refractivity contribution < 1.29 is 19.0 Å². The summed E-state index contributed by atoms with van der Waals surface area (Å²) in [6.45, 7) is 0.408. The van der Waals surface area contributed by atoms with Crippen LogP contribution in [-0.2, 0) is 16.1 Å². The largest absolute Gasteiger partial charge is 0.493 e. The summed E-state index contributed by atoms with van der Waals surface area (Å²) in [5.41, 5.74) is 1.82. The first kappa shape index (κ1) is 16.9. The zero-order chi connectivity index (χ0) is 16.7. The number of halogens is 1. The molecule has 0 heterocycles. The Hall–Kier alpha value is -2.46. The van der Waals surface area contributed by atoms with Crippen molar-refractivity contribution >= 4 is 23.6 Å². The highest BCUT2D eigenvalue weighted by atomic mass is 35.5. The number of carbonyl (C=O) groups excluding carboxylic acids is 1. The molecule has 0 radical (unpaired) electrons. The Labute approximate surface area is 140 Å². The molecule has 0 N–H and O–H groups in total. The van der Waals surface area contributed by atoms with Crippen LogP contribution in [0.3, 0.4) is 0 Å². The summed E-state index contributed by atoms with van der Waals surface area (Å²) in [6.07, 6.45) is 3.00. The lowest BCUT2D eigenvalue weighted by Gasteiger charge is -2.11. The highest BCUT2D eigenvalue weighted by Gasteiger charge is 2.06. The van der Waals surface area contributed by atoms with E-state index in [0.29, 0.717) is 23.1 Å². The van der Waals surface area contributed by atoms with Crippen LogP contribution in [0.2, 0.25) is 5.02 Å². The first-order chi connectivity index (χ1) is 11.1. The lowest BCUT2D eigenvalue weighted by atomic mass is 10.2. The van der Waals surface area contributed by atoms with Gasteiger partial charge in [-0.05, 0) is 41.5 Å². The first-order valence-electron chi connectivity index (χ1n) is 6.93. The molecule has 0 aliphatic carbocycles. The van der Waals surface area contributed by atoms with E-state index in [1.807, 2.05) is 30.3 Å². The van der Waals surface area contributed by atoms with Gasteiger partial charge in [0.25, 0.3) is 0 Å². The van der Waals surface area contributed by atoms with Crippen LogP contribution in [0.4, 0.5) is 0 Å². The number of benzene rings is 2. The van der Waals surface area contributed by atoms with Gasteiger partial charge in [0.1, 0.15) is 6.61 Å². The van der Waals surface area contributed by atoms with Crippen LogP contribution in [0.25, 0.3) is 6.08 Å². The molecule has 5 heteroatoms. The van der Waals surface area contributed by atoms with E-state index in [1.54, 1.807) is 25.3 Å². The first-order valence-corrected chi connectivity index (χ1v) is 7.31. The van der Waals surface area contributed by atoms with E-state index in [2.05, 4.69) is 4.74 Å². The topological polar surface area (TPSA) is 44.8 Å². The molecule has 0 aliphatic rings. The maximum Gasteiger partial charge on any atom is 0.330 e. The van der Waals surface area contributed by atoms with E-state index in [9.17, 15) is 4.79 Å². The third-order valence-corrected chi connectivity index (χ3v) is 3.36. The molecule has 120 valence electrons. The molecule has 0 amide bonds. The molecule has 2 aromatic rings. The molecule has 0 unspecified atom stereocenters. The molecular weight excluding hydrogens is 316 g/mol. The number of hydrogen-bond donors (Lipinski definition) is 0. The second kappa shape index (κ2) is 8.25. The minimum atomic E-state index is -0.410. The van der Waals surface area contributed by atoms with Gasteiger partial charge in [-0.3, -0.25) is 0 Å². The Kier molecular flexibility index (Phi) is 6.06. The summed E-state index contributed by atoms with van der Waals surface area (Å²) >= 11 is 5.86. The number of hydrogen-bond acceptors (Lipinski definition) is 4. The van der Waals surface area contributed by atoms with E-state index < -0.39 is 5.97 Å². The molecule has 2 aromatic carbocycles. The second-order valence-corrected chi connectivity index (χ2v) is 5.12. The van der Waals surface area contributed by atoms with Crippen molar-refractivity contribution in [3.63, 3.8) is 0 Å². The summed E-state index contributed by atoms with van der Waals surface area (Å²) in [7, 11) is 2.90. The zero-order valence-corrected chi connectivity index (χ0v) is 13.7. The Morgan fingerprint density at radius 1 is 1.09 bits per heavy atom. The molecule has 0 saturated heterocycles. The minimum Gasteiger partial charge on any atom is -0.493 e. The number of carbonyl (C=O) groups is 1. The summed E-state index contributed by atoms with van der Waals surface area (Å²) in [5.74, 6) is 0.802. The quantitative estimate of drug-likeness (QED) is 0.590. The number of ether oxygens (including phenoxy) is 3. The van der Waals surface area contributed by atoms with Crippen LogP contribution < -0.4 is 9.47 Å². The Balaban J connectivity index is 2.08. The third-order valence-electron chi connectivity index (χ3n) is 3.11. The molecule has 23 heavy (non-hydrogen) atoms. The van der Waals surface area contributed by atoms with E-state index in [1.165, 1.54) is 13.2 Å². The molecule has 0 bridgehead atoms. The standard InChI is InChI=1S/C18H17ClO4/c1-21-17-11-13(6-10-18(20)22-2)5-9-16(17)23-12-14-3-7-15(19)8-4-14/h3-11H,12H2,1-2H3/b10-6+. The van der Waals surface area contributed by atoms with Gasteiger partial charge in [0.2, 0.25) is 0 Å². The zero-order valence-electron chi connectivity index (χ0n) is 12.9. The van der Waals surface area contributed by atoms with E-state index in [4.69, 9.17) is 21.1 Å². The number of esters is 1. The number of methoxy groups -OCH3 is 2. The normalized spacial score (nSPS) is 10.6. The van der Waals surface area contributed by atoms with Crippen molar-refractivity contribution in [3.8, 4) is 11.5 Å². The van der Waals surface area contributed by atoms with Crippen LogP contribution in [0.5, 0.6) is 11.5 Å². The van der Waals surface area contributed by atoms with Crippen LogP contribution in [0, 0.1) is 0 Å². The van der Waals surface area contributed by atoms with Gasteiger partial charge in [0.15, 0.2) is 11.5 Å². The molecule has 0 fully saturated rings. The maximum absolute atomic E-state index is 11.1. The van der Waals surface area contributed by atoms with E-state index in [-0.39, 0.29) is 0 Å². The van der Waals surface area contributed by atoms with Gasteiger partial charge < -0.3 is 14.2 Å². The van der Waals surface area contributed by atoms with Gasteiger partial charge in [-0.2, -0.15) is 0 Å². The van der Waals surface area contributed by atoms with Crippen LogP contribution in [0.1, 0.15) is 11.1 Å². The Bertz CT molecular complexity index is 693. The smallest absolute Gasteiger partial charge is 0.330 e. The molecule has 2 rings (SSSR count). The van der Waals surface area contributed by atoms with Crippen LogP contribution in [0.15, 0.2) is 48.5 Å². The molecule has 0 aromatic heterocycles.